The van der Waals surface area contributed by atoms with Gasteiger partial charge in [0.1, 0.15) is 10.6 Å². The van der Waals surface area contributed by atoms with Crippen LogP contribution in [0.4, 0.5) is 0 Å². The van der Waals surface area contributed by atoms with Crippen molar-refractivity contribution in [3.05, 3.63) is 35.4 Å². The van der Waals surface area contributed by atoms with Crippen LogP contribution < -0.4 is 0 Å². The van der Waals surface area contributed by atoms with Crippen LogP contribution in [0.25, 0.3) is 0 Å². The largest absolute Gasteiger partial charge is 0.458 e. The quantitative estimate of drug-likeness (QED) is 0.263. The molecule has 1 atom stereocenters. The molecule has 1 aromatic rings. The Kier molecular flexibility index (Phi) is 5.56. The van der Waals surface area contributed by atoms with Gasteiger partial charge in [-0.15, -0.1) is 0 Å². The van der Waals surface area contributed by atoms with Crippen LogP contribution in [-0.2, 0) is 9.53 Å². The van der Waals surface area contributed by atoms with Crippen LogP contribution in [-0.4, -0.2) is 64.6 Å². The van der Waals surface area contributed by atoms with E-state index in [0.717, 1.165) is 4.90 Å². The summed E-state index contributed by atoms with van der Waals surface area (Å²) >= 11 is 5.24. The molecule has 138 valence electrons. The number of hydrogen-bond acceptors (Lipinski definition) is 5. The molecule has 1 unspecified atom stereocenters. The Balaban J connectivity index is 2.44. The molecule has 0 fully saturated rings. The van der Waals surface area contributed by atoms with E-state index in [9.17, 15) is 14.4 Å². The van der Waals surface area contributed by atoms with Gasteiger partial charge in [0.05, 0.1) is 17.5 Å². The Morgan fingerprint density at radius 3 is 2.12 bits per heavy atom. The van der Waals surface area contributed by atoms with Gasteiger partial charge in [0, 0.05) is 14.1 Å². The van der Waals surface area contributed by atoms with Gasteiger partial charge in [-0.25, -0.2) is 9.79 Å². The highest BCUT2D eigenvalue weighted by Crippen LogP contribution is 2.26. The fraction of sp³-hybridized carbons (Fsp3) is 0.389. The number of aliphatic imine (C=N–C) groups is 1. The molecule has 1 aliphatic heterocycles. The molecule has 0 saturated heterocycles. The average molecular weight is 375 g/mol. The van der Waals surface area contributed by atoms with Crippen molar-refractivity contribution < 1.29 is 19.1 Å². The number of ether oxygens (including phenoxy) is 1. The van der Waals surface area contributed by atoms with E-state index in [-0.39, 0.29) is 16.1 Å². The van der Waals surface area contributed by atoms with Crippen molar-refractivity contribution in [1.82, 2.24) is 9.80 Å². The third-order valence-corrected chi connectivity index (χ3v) is 3.69. The number of benzene rings is 1. The minimum Gasteiger partial charge on any atom is -0.458 e. The van der Waals surface area contributed by atoms with Crippen molar-refractivity contribution in [2.45, 2.75) is 32.4 Å². The van der Waals surface area contributed by atoms with Crippen molar-refractivity contribution in [3.63, 3.8) is 0 Å². The number of hydrogen-bond donors (Lipinski definition) is 0. The predicted molar refractivity (Wildman–Crippen MR) is 101 cm³/mol. The second-order valence-corrected chi connectivity index (χ2v) is 7.43. The van der Waals surface area contributed by atoms with Crippen molar-refractivity contribution in [2.24, 2.45) is 4.99 Å². The maximum atomic E-state index is 12.7. The topological polar surface area (TPSA) is 79.3 Å². The molecular formula is C18H21N3O4S. The number of esters is 1. The van der Waals surface area contributed by atoms with E-state index in [1.54, 1.807) is 51.9 Å². The molecule has 0 bridgehead atoms. The van der Waals surface area contributed by atoms with Gasteiger partial charge in [-0.05, 0) is 32.9 Å². The number of thiocarbonyl (C=S) groups is 1. The van der Waals surface area contributed by atoms with Crippen LogP contribution in [0.1, 0.15) is 41.5 Å². The summed E-state index contributed by atoms with van der Waals surface area (Å²) in [6, 6.07) is 4.96. The first-order chi connectivity index (χ1) is 12.0. The summed E-state index contributed by atoms with van der Waals surface area (Å²) in [5, 5.41) is 0. The molecule has 0 N–H and O–H groups in total. The molecule has 0 aromatic heterocycles. The van der Waals surface area contributed by atoms with Crippen molar-refractivity contribution >= 4 is 41.3 Å². The number of carbonyl (C=O) groups excluding carboxylic acids is 3. The molecule has 2 amide bonds. The second kappa shape index (κ2) is 7.33. The molecular weight excluding hydrogens is 354 g/mol. The summed E-state index contributed by atoms with van der Waals surface area (Å²) in [5.41, 5.74) is -0.356. The van der Waals surface area contributed by atoms with Gasteiger partial charge in [0.2, 0.25) is 0 Å². The van der Waals surface area contributed by atoms with E-state index in [1.165, 1.54) is 18.5 Å². The zero-order valence-corrected chi connectivity index (χ0v) is 16.2. The fourth-order valence-corrected chi connectivity index (χ4v) is 2.61. The number of carbonyl (C=O) groups is 3. The van der Waals surface area contributed by atoms with E-state index in [0.29, 0.717) is 0 Å². The molecule has 1 aliphatic rings. The van der Waals surface area contributed by atoms with Crippen LogP contribution in [0.2, 0.25) is 0 Å². The smallest absolute Gasteiger partial charge is 0.337 e. The zero-order valence-electron chi connectivity index (χ0n) is 15.3. The van der Waals surface area contributed by atoms with Crippen LogP contribution >= 0.6 is 12.2 Å². The summed E-state index contributed by atoms with van der Waals surface area (Å²) in [6.45, 7) is 5.07. The van der Waals surface area contributed by atoms with Gasteiger partial charge in [0.25, 0.3) is 11.8 Å². The molecule has 2 rings (SSSR count). The highest BCUT2D eigenvalue weighted by Gasteiger charge is 2.46. The first-order valence-corrected chi connectivity index (χ1v) is 8.38. The SMILES string of the molecule is CN(C)C=NC(=S)C(C(=O)OC(C)(C)C)N1C(=O)c2ccccc2C1=O. The van der Waals surface area contributed by atoms with E-state index in [2.05, 4.69) is 4.99 Å². The summed E-state index contributed by atoms with van der Waals surface area (Å²) < 4.78 is 5.38. The minimum atomic E-state index is -1.41. The molecule has 1 heterocycles. The molecule has 26 heavy (non-hydrogen) atoms. The Labute approximate surface area is 157 Å². The maximum absolute atomic E-state index is 12.7. The number of rotatable bonds is 4. The summed E-state index contributed by atoms with van der Waals surface area (Å²) in [6.07, 6.45) is 1.40. The average Bonchev–Trinajstić information content (AvgIpc) is 2.77. The summed E-state index contributed by atoms with van der Waals surface area (Å²) in [7, 11) is 3.47. The third kappa shape index (κ3) is 4.13. The van der Waals surface area contributed by atoms with Crippen LogP contribution in [0, 0.1) is 0 Å². The first-order valence-electron chi connectivity index (χ1n) is 7.97. The van der Waals surface area contributed by atoms with Gasteiger partial charge in [0.15, 0.2) is 6.04 Å². The van der Waals surface area contributed by atoms with Crippen LogP contribution in [0.3, 0.4) is 0 Å². The van der Waals surface area contributed by atoms with Crippen molar-refractivity contribution in [2.75, 3.05) is 14.1 Å². The van der Waals surface area contributed by atoms with Gasteiger partial charge in [-0.3, -0.25) is 14.5 Å². The third-order valence-electron chi connectivity index (χ3n) is 3.36. The minimum absolute atomic E-state index is 0.123. The Hall–Kier alpha value is -2.61. The molecule has 0 radical (unpaired) electrons. The molecule has 7 nitrogen and oxygen atoms in total. The molecule has 0 saturated carbocycles. The van der Waals surface area contributed by atoms with Crippen LogP contribution in [0.5, 0.6) is 0 Å². The molecule has 0 spiro atoms. The lowest BCUT2D eigenvalue weighted by Gasteiger charge is -2.27. The lowest BCUT2D eigenvalue weighted by atomic mass is 10.1. The highest BCUT2D eigenvalue weighted by atomic mass is 32.1. The molecule has 1 aromatic carbocycles. The maximum Gasteiger partial charge on any atom is 0.337 e. The normalized spacial score (nSPS) is 15.2. The van der Waals surface area contributed by atoms with E-state index >= 15 is 0 Å². The monoisotopic (exact) mass is 375 g/mol. The lowest BCUT2D eigenvalue weighted by Crippen LogP contribution is -2.51. The van der Waals surface area contributed by atoms with Crippen molar-refractivity contribution in [1.29, 1.82) is 0 Å². The number of fused-ring (bicyclic) bond motifs is 1. The standard InChI is InChI=1S/C18H21N3O4S/c1-18(2,3)25-17(24)13(14(26)19-10-20(4)5)21-15(22)11-8-6-7-9-12(11)16(21)23/h6-10,13H,1-5H3. The van der Waals surface area contributed by atoms with E-state index in [4.69, 9.17) is 17.0 Å². The van der Waals surface area contributed by atoms with Gasteiger partial charge >= 0.3 is 5.97 Å². The summed E-state index contributed by atoms with van der Waals surface area (Å²) in [4.78, 5) is 44.6. The van der Waals surface area contributed by atoms with Gasteiger partial charge < -0.3 is 9.64 Å². The number of nitrogens with zero attached hydrogens (tertiary/aromatic N) is 3. The van der Waals surface area contributed by atoms with Gasteiger partial charge in [-0.2, -0.15) is 0 Å². The Morgan fingerprint density at radius 1 is 1.19 bits per heavy atom. The predicted octanol–water partition coefficient (Wildman–Crippen LogP) is 1.91. The van der Waals surface area contributed by atoms with E-state index < -0.39 is 29.4 Å². The zero-order chi connectivity index (χ0) is 19.6. The number of imide groups is 1. The Bertz CT molecular complexity index is 761. The highest BCUT2D eigenvalue weighted by molar-refractivity contribution is 7.80. The van der Waals surface area contributed by atoms with Gasteiger partial charge in [-0.1, -0.05) is 24.4 Å². The van der Waals surface area contributed by atoms with Crippen molar-refractivity contribution in [3.8, 4) is 0 Å². The van der Waals surface area contributed by atoms with Crippen LogP contribution in [0.15, 0.2) is 29.3 Å². The molecule has 8 heteroatoms. The fourth-order valence-electron chi connectivity index (χ4n) is 2.36. The second-order valence-electron chi connectivity index (χ2n) is 7.01. The molecule has 0 aliphatic carbocycles. The number of amides is 2. The summed E-state index contributed by atoms with van der Waals surface area (Å²) in [5.74, 6) is -1.99. The van der Waals surface area contributed by atoms with E-state index in [1.807, 2.05) is 0 Å². The first kappa shape index (κ1) is 19.7. The Morgan fingerprint density at radius 2 is 1.69 bits per heavy atom. The lowest BCUT2D eigenvalue weighted by molar-refractivity contribution is -0.157.